The zero-order valence-corrected chi connectivity index (χ0v) is 19.9. The molecule has 5 rings (SSSR count). The van der Waals surface area contributed by atoms with Gasteiger partial charge in [-0.3, -0.25) is 4.79 Å². The largest absolute Gasteiger partial charge is 0.467 e. The van der Waals surface area contributed by atoms with Crippen molar-refractivity contribution in [2.75, 3.05) is 11.9 Å². The summed E-state index contributed by atoms with van der Waals surface area (Å²) in [6.45, 7) is 5.82. The normalized spacial score (nSPS) is 10.9. The zero-order valence-electron chi connectivity index (χ0n) is 19.9. The summed E-state index contributed by atoms with van der Waals surface area (Å²) >= 11 is 0. The molecule has 2 aromatic heterocycles. The Kier molecular flexibility index (Phi) is 6.02. The lowest BCUT2D eigenvalue weighted by atomic mass is 10.0. The van der Waals surface area contributed by atoms with Gasteiger partial charge in [0.2, 0.25) is 5.88 Å². The van der Waals surface area contributed by atoms with E-state index in [-0.39, 0.29) is 12.5 Å². The Hall–Kier alpha value is -4.45. The Morgan fingerprint density at radius 1 is 0.914 bits per heavy atom. The van der Waals surface area contributed by atoms with Crippen molar-refractivity contribution in [3.05, 3.63) is 102 Å². The van der Waals surface area contributed by atoms with Gasteiger partial charge in [0.25, 0.3) is 5.91 Å². The molecule has 6 nitrogen and oxygen atoms in total. The first-order valence-corrected chi connectivity index (χ1v) is 11.5. The highest BCUT2D eigenvalue weighted by Gasteiger charge is 2.18. The predicted molar refractivity (Wildman–Crippen MR) is 139 cm³/mol. The van der Waals surface area contributed by atoms with Crippen LogP contribution < -0.4 is 10.1 Å². The van der Waals surface area contributed by atoms with E-state index in [4.69, 9.17) is 14.8 Å². The lowest BCUT2D eigenvalue weighted by molar-refractivity contribution is -0.118. The Morgan fingerprint density at radius 3 is 2.34 bits per heavy atom. The van der Waals surface area contributed by atoms with Gasteiger partial charge in [0.15, 0.2) is 12.3 Å². The predicted octanol–water partition coefficient (Wildman–Crippen LogP) is 6.03. The molecule has 0 radical (unpaired) electrons. The van der Waals surface area contributed by atoms with E-state index in [1.54, 1.807) is 0 Å². The minimum Gasteiger partial charge on any atom is -0.467 e. The molecule has 0 fully saturated rings. The summed E-state index contributed by atoms with van der Waals surface area (Å²) in [6, 6.07) is 27.7. The van der Waals surface area contributed by atoms with Crippen LogP contribution in [-0.2, 0) is 4.79 Å². The molecule has 0 spiro atoms. The van der Waals surface area contributed by atoms with Gasteiger partial charge in [-0.15, -0.1) is 0 Å². The van der Waals surface area contributed by atoms with Crippen LogP contribution in [0.4, 0.5) is 5.69 Å². The van der Waals surface area contributed by atoms with Crippen molar-refractivity contribution in [1.29, 1.82) is 0 Å². The quantitative estimate of drug-likeness (QED) is 0.334. The van der Waals surface area contributed by atoms with Crippen LogP contribution in [0.1, 0.15) is 16.8 Å². The molecule has 0 aliphatic rings. The maximum atomic E-state index is 12.7. The number of carbonyl (C=O) groups is 1. The number of pyridine rings is 1. The number of amides is 1. The van der Waals surface area contributed by atoms with Gasteiger partial charge in [-0.1, -0.05) is 66.2 Å². The Balaban J connectivity index is 1.51. The van der Waals surface area contributed by atoms with Gasteiger partial charge in [0, 0.05) is 11.8 Å². The number of fused-ring (bicyclic) bond motifs is 1. The van der Waals surface area contributed by atoms with Crippen molar-refractivity contribution in [2.24, 2.45) is 0 Å². The first kappa shape index (κ1) is 22.3. The second-order valence-electron chi connectivity index (χ2n) is 8.56. The number of hydrogen-bond donors (Lipinski definition) is 1. The number of hydrogen-bond acceptors (Lipinski definition) is 4. The SMILES string of the molecule is Cc1ccc(NC(=O)COc2cc(-c3ccccc3)c3c(C)nn(-c4ccccc4)c3n2)c(C)c1. The molecule has 0 unspecified atom stereocenters. The fraction of sp³-hybridized carbons (Fsp3) is 0.138. The van der Waals surface area contributed by atoms with E-state index in [1.807, 2.05) is 110 Å². The molecule has 2 heterocycles. The maximum absolute atomic E-state index is 12.7. The molecule has 0 saturated heterocycles. The van der Waals surface area contributed by atoms with E-state index in [0.29, 0.717) is 11.5 Å². The standard InChI is InChI=1S/C29H26N4O2/c1-19-14-15-25(20(2)16-19)30-26(34)18-35-27-17-24(22-10-6-4-7-11-22)28-21(3)32-33(29(28)31-27)23-12-8-5-9-13-23/h4-17H,18H2,1-3H3,(H,30,34). The monoisotopic (exact) mass is 462 g/mol. The molecule has 0 atom stereocenters. The van der Waals surface area contributed by atoms with Gasteiger partial charge < -0.3 is 10.1 Å². The molecule has 35 heavy (non-hydrogen) atoms. The third kappa shape index (κ3) is 4.64. The zero-order chi connectivity index (χ0) is 24.4. The first-order valence-electron chi connectivity index (χ1n) is 11.5. The highest BCUT2D eigenvalue weighted by atomic mass is 16.5. The number of ether oxygens (including phenoxy) is 1. The summed E-state index contributed by atoms with van der Waals surface area (Å²) in [6.07, 6.45) is 0. The van der Waals surface area contributed by atoms with Gasteiger partial charge in [-0.25, -0.2) is 4.68 Å². The smallest absolute Gasteiger partial charge is 0.262 e. The summed E-state index contributed by atoms with van der Waals surface area (Å²) < 4.78 is 7.73. The first-order chi connectivity index (χ1) is 17.0. The van der Waals surface area contributed by atoms with E-state index >= 15 is 0 Å². The van der Waals surface area contributed by atoms with Gasteiger partial charge in [0.1, 0.15) is 0 Å². The van der Waals surface area contributed by atoms with Crippen molar-refractivity contribution in [3.63, 3.8) is 0 Å². The molecule has 5 aromatic rings. The number of rotatable bonds is 6. The molecule has 0 aliphatic carbocycles. The van der Waals surface area contributed by atoms with E-state index in [1.165, 1.54) is 0 Å². The van der Waals surface area contributed by atoms with Crippen molar-refractivity contribution in [3.8, 4) is 22.7 Å². The highest BCUT2D eigenvalue weighted by molar-refractivity contribution is 5.96. The second-order valence-corrected chi connectivity index (χ2v) is 8.56. The second kappa shape index (κ2) is 9.43. The number of para-hydroxylation sites is 1. The van der Waals surface area contributed by atoms with Crippen LogP contribution in [-0.4, -0.2) is 27.3 Å². The molecule has 0 bridgehead atoms. The lowest BCUT2D eigenvalue weighted by Gasteiger charge is -2.12. The Bertz CT molecular complexity index is 1510. The fourth-order valence-corrected chi connectivity index (χ4v) is 4.21. The van der Waals surface area contributed by atoms with Gasteiger partial charge in [-0.05, 0) is 55.7 Å². The van der Waals surface area contributed by atoms with Gasteiger partial charge in [-0.2, -0.15) is 10.1 Å². The molecule has 3 aromatic carbocycles. The molecular formula is C29H26N4O2. The third-order valence-electron chi connectivity index (χ3n) is 5.88. The summed E-state index contributed by atoms with van der Waals surface area (Å²) in [5.74, 6) is 0.122. The molecular weight excluding hydrogens is 436 g/mol. The molecule has 0 saturated carbocycles. The average Bonchev–Trinajstić information content (AvgIpc) is 3.21. The summed E-state index contributed by atoms with van der Waals surface area (Å²) in [5, 5.41) is 8.65. The van der Waals surface area contributed by atoms with Crippen molar-refractivity contribution < 1.29 is 9.53 Å². The van der Waals surface area contributed by atoms with Crippen LogP contribution in [0.25, 0.3) is 27.8 Å². The van der Waals surface area contributed by atoms with Crippen LogP contribution in [0, 0.1) is 20.8 Å². The van der Waals surface area contributed by atoms with Crippen LogP contribution in [0.3, 0.4) is 0 Å². The average molecular weight is 463 g/mol. The van der Waals surface area contributed by atoms with Crippen molar-refractivity contribution in [1.82, 2.24) is 14.8 Å². The molecule has 1 amide bonds. The van der Waals surface area contributed by atoms with Crippen LogP contribution in [0.5, 0.6) is 5.88 Å². The van der Waals surface area contributed by atoms with Gasteiger partial charge in [0.05, 0.1) is 16.8 Å². The van der Waals surface area contributed by atoms with Crippen LogP contribution in [0.2, 0.25) is 0 Å². The van der Waals surface area contributed by atoms with Gasteiger partial charge >= 0.3 is 0 Å². The van der Waals surface area contributed by atoms with E-state index < -0.39 is 0 Å². The number of benzene rings is 3. The van der Waals surface area contributed by atoms with Crippen molar-refractivity contribution >= 4 is 22.6 Å². The Labute approximate surface area is 204 Å². The molecule has 174 valence electrons. The number of nitrogens with zero attached hydrogens (tertiary/aromatic N) is 3. The van der Waals surface area contributed by atoms with E-state index in [2.05, 4.69) is 5.32 Å². The van der Waals surface area contributed by atoms with Crippen LogP contribution in [0.15, 0.2) is 84.9 Å². The minimum atomic E-state index is -0.243. The highest BCUT2D eigenvalue weighted by Crippen LogP contribution is 2.34. The minimum absolute atomic E-state index is 0.154. The maximum Gasteiger partial charge on any atom is 0.262 e. The number of carbonyl (C=O) groups excluding carboxylic acids is 1. The lowest BCUT2D eigenvalue weighted by Crippen LogP contribution is -2.21. The number of nitrogens with one attached hydrogen (secondary N) is 1. The van der Waals surface area contributed by atoms with E-state index in [0.717, 1.165) is 44.7 Å². The number of aromatic nitrogens is 3. The fourth-order valence-electron chi connectivity index (χ4n) is 4.21. The summed E-state index contributed by atoms with van der Waals surface area (Å²) in [7, 11) is 0. The van der Waals surface area contributed by atoms with Crippen LogP contribution >= 0.6 is 0 Å². The molecule has 6 heteroatoms. The number of aryl methyl sites for hydroxylation is 3. The molecule has 1 N–H and O–H groups in total. The summed E-state index contributed by atoms with van der Waals surface area (Å²) in [5.41, 5.74) is 7.37. The summed E-state index contributed by atoms with van der Waals surface area (Å²) in [4.78, 5) is 17.4. The van der Waals surface area contributed by atoms with Crippen molar-refractivity contribution in [2.45, 2.75) is 20.8 Å². The molecule has 0 aliphatic heterocycles. The Morgan fingerprint density at radius 2 is 1.63 bits per heavy atom. The topological polar surface area (TPSA) is 69.0 Å². The third-order valence-corrected chi connectivity index (χ3v) is 5.88. The van der Waals surface area contributed by atoms with E-state index in [9.17, 15) is 4.79 Å². The number of anilines is 1.